The van der Waals surface area contributed by atoms with E-state index in [1.807, 2.05) is 0 Å². The molecule has 1 saturated heterocycles. The van der Waals surface area contributed by atoms with Crippen LogP contribution in [0.5, 0.6) is 0 Å². The summed E-state index contributed by atoms with van der Waals surface area (Å²) in [6.45, 7) is -0.193. The minimum atomic E-state index is -3.93. The third kappa shape index (κ3) is 6.61. The summed E-state index contributed by atoms with van der Waals surface area (Å²) in [7, 11) is -1.13. The summed E-state index contributed by atoms with van der Waals surface area (Å²) in [6.07, 6.45) is -3.01. The number of benzene rings is 2. The van der Waals surface area contributed by atoms with Crippen LogP contribution < -0.4 is 10.6 Å². The first-order valence-electron chi connectivity index (χ1n) is 10.5. The molecule has 1 fully saturated rings. The Labute approximate surface area is 198 Å². The van der Waals surface area contributed by atoms with E-state index in [-0.39, 0.29) is 12.5 Å². The van der Waals surface area contributed by atoms with Crippen LogP contribution in [0.25, 0.3) is 0 Å². The highest BCUT2D eigenvalue weighted by atomic mass is 32.2. The van der Waals surface area contributed by atoms with Crippen LogP contribution in [0, 0.1) is 0 Å². The molecule has 1 aliphatic heterocycles. The van der Waals surface area contributed by atoms with Crippen molar-refractivity contribution in [1.29, 1.82) is 0 Å². The van der Waals surface area contributed by atoms with Gasteiger partial charge in [-0.2, -0.15) is 8.42 Å². The first-order valence-corrected chi connectivity index (χ1v) is 12.3. The third-order valence-corrected chi connectivity index (χ3v) is 5.86. The van der Waals surface area contributed by atoms with Gasteiger partial charge in [0.15, 0.2) is 6.29 Å². The normalized spacial score (nSPS) is 23.3. The summed E-state index contributed by atoms with van der Waals surface area (Å²) < 4.78 is 46.1. The van der Waals surface area contributed by atoms with Gasteiger partial charge in [0.05, 0.1) is 6.26 Å². The van der Waals surface area contributed by atoms with Crippen molar-refractivity contribution in [3.8, 4) is 0 Å². The van der Waals surface area contributed by atoms with Crippen molar-refractivity contribution in [2.24, 2.45) is 0 Å². The molecule has 2 N–H and O–H groups in total. The molecule has 11 heteroatoms. The van der Waals surface area contributed by atoms with Gasteiger partial charge >= 0.3 is 0 Å². The fourth-order valence-corrected chi connectivity index (χ4v) is 4.37. The number of ether oxygens (including phenoxy) is 3. The lowest BCUT2D eigenvalue weighted by Gasteiger charge is -2.27. The van der Waals surface area contributed by atoms with Gasteiger partial charge in [-0.1, -0.05) is 36.4 Å². The van der Waals surface area contributed by atoms with E-state index in [1.165, 1.54) is 14.2 Å². The van der Waals surface area contributed by atoms with Crippen molar-refractivity contribution in [3.63, 3.8) is 0 Å². The van der Waals surface area contributed by atoms with Gasteiger partial charge in [-0.05, 0) is 24.3 Å². The second-order valence-electron chi connectivity index (χ2n) is 7.69. The third-order valence-electron chi connectivity index (χ3n) is 5.27. The maximum Gasteiger partial charge on any atom is 0.264 e. The van der Waals surface area contributed by atoms with E-state index >= 15 is 0 Å². The molecule has 34 heavy (non-hydrogen) atoms. The van der Waals surface area contributed by atoms with Crippen LogP contribution in [0.1, 0.15) is 20.7 Å². The minimum Gasteiger partial charge on any atom is -0.376 e. The zero-order valence-electron chi connectivity index (χ0n) is 19.0. The fourth-order valence-electron chi connectivity index (χ4n) is 3.75. The number of nitrogens with one attached hydrogen (secondary N) is 2. The lowest BCUT2D eigenvalue weighted by atomic mass is 10.0. The predicted molar refractivity (Wildman–Crippen MR) is 123 cm³/mol. The van der Waals surface area contributed by atoms with E-state index in [0.717, 1.165) is 6.26 Å². The van der Waals surface area contributed by atoms with Gasteiger partial charge in [0.25, 0.3) is 21.9 Å². The van der Waals surface area contributed by atoms with Crippen LogP contribution in [0.15, 0.2) is 60.7 Å². The zero-order chi connectivity index (χ0) is 24.7. The second-order valence-corrected chi connectivity index (χ2v) is 9.29. The molecule has 2 aromatic rings. The molecule has 0 aromatic heterocycles. The van der Waals surface area contributed by atoms with Crippen molar-refractivity contribution in [2.45, 2.75) is 30.6 Å². The number of carbonyl (C=O) groups is 2. The maximum atomic E-state index is 12.7. The smallest absolute Gasteiger partial charge is 0.264 e. The molecule has 2 amide bonds. The Morgan fingerprint density at radius 1 is 0.941 bits per heavy atom. The van der Waals surface area contributed by atoms with Gasteiger partial charge in [-0.15, -0.1) is 0 Å². The topological polar surface area (TPSA) is 129 Å². The molecule has 0 radical (unpaired) electrons. The van der Waals surface area contributed by atoms with Crippen molar-refractivity contribution in [2.75, 3.05) is 27.0 Å². The Morgan fingerprint density at radius 2 is 1.50 bits per heavy atom. The summed E-state index contributed by atoms with van der Waals surface area (Å²) >= 11 is 0. The summed E-state index contributed by atoms with van der Waals surface area (Å²) in [5.41, 5.74) is 0.828. The van der Waals surface area contributed by atoms with Crippen LogP contribution in [-0.2, 0) is 28.5 Å². The predicted octanol–water partition coefficient (Wildman–Crippen LogP) is 0.946. The molecule has 0 spiro atoms. The number of carbonyl (C=O) groups excluding carboxylic acids is 2. The van der Waals surface area contributed by atoms with E-state index in [1.54, 1.807) is 60.7 Å². The van der Waals surface area contributed by atoms with Gasteiger partial charge in [0.2, 0.25) is 0 Å². The second kappa shape index (κ2) is 11.5. The van der Waals surface area contributed by atoms with Gasteiger partial charge in [0.1, 0.15) is 24.4 Å². The van der Waals surface area contributed by atoms with E-state index < -0.39 is 46.7 Å². The number of hydrogen-bond acceptors (Lipinski definition) is 8. The largest absolute Gasteiger partial charge is 0.376 e. The lowest BCUT2D eigenvalue weighted by molar-refractivity contribution is -0.144. The van der Waals surface area contributed by atoms with Crippen LogP contribution >= 0.6 is 0 Å². The average Bonchev–Trinajstić information content (AvgIpc) is 3.19. The maximum absolute atomic E-state index is 12.7. The monoisotopic (exact) mass is 492 g/mol. The molecule has 1 aliphatic rings. The zero-order valence-corrected chi connectivity index (χ0v) is 19.9. The Bertz CT molecular complexity index is 1060. The summed E-state index contributed by atoms with van der Waals surface area (Å²) in [5.74, 6) is -0.788. The summed E-state index contributed by atoms with van der Waals surface area (Å²) in [6, 6.07) is 16.2. The molecule has 0 bridgehead atoms. The molecule has 0 saturated carbocycles. The Balaban J connectivity index is 1.79. The molecular weight excluding hydrogens is 464 g/mol. The van der Waals surface area contributed by atoms with Crippen LogP contribution in [0.4, 0.5) is 0 Å². The number of amides is 2. The average molecular weight is 493 g/mol. The van der Waals surface area contributed by atoms with E-state index in [4.69, 9.17) is 18.4 Å². The molecule has 5 atom stereocenters. The molecule has 2 aromatic carbocycles. The molecule has 10 nitrogen and oxygen atoms in total. The number of hydrogen-bond donors (Lipinski definition) is 2. The van der Waals surface area contributed by atoms with Gasteiger partial charge in [-0.25, -0.2) is 0 Å². The standard InChI is InChI=1S/C23H28N2O8S/c1-30-20-18(25-22(27)16-12-8-5-9-13-16)23(31-2)32-19(20)17(33-34(3,28)29)14-24-21(26)15-10-6-4-7-11-15/h4-13,17-20,23H,14H2,1-3H3,(H,24,26)(H,25,27)/t17-,18?,19?,20?,23?/m0/s1. The lowest BCUT2D eigenvalue weighted by Crippen LogP contribution is -2.52. The Morgan fingerprint density at radius 3 is 2.00 bits per heavy atom. The Hall–Kier alpha value is -2.83. The summed E-state index contributed by atoms with van der Waals surface area (Å²) in [5, 5.41) is 5.49. The highest BCUT2D eigenvalue weighted by Crippen LogP contribution is 2.28. The van der Waals surface area contributed by atoms with Crippen molar-refractivity contribution < 1.29 is 36.4 Å². The molecule has 3 rings (SSSR count). The van der Waals surface area contributed by atoms with Gasteiger partial charge in [-0.3, -0.25) is 13.8 Å². The first-order chi connectivity index (χ1) is 16.2. The molecule has 184 valence electrons. The minimum absolute atomic E-state index is 0.193. The van der Waals surface area contributed by atoms with Crippen LogP contribution in [-0.4, -0.2) is 77.9 Å². The first kappa shape index (κ1) is 25.8. The highest BCUT2D eigenvalue weighted by Gasteiger charge is 2.50. The van der Waals surface area contributed by atoms with Gasteiger partial charge < -0.3 is 24.8 Å². The Kier molecular flexibility index (Phi) is 8.75. The number of rotatable bonds is 10. The molecule has 1 heterocycles. The van der Waals surface area contributed by atoms with Crippen molar-refractivity contribution in [3.05, 3.63) is 71.8 Å². The van der Waals surface area contributed by atoms with Crippen LogP contribution in [0.3, 0.4) is 0 Å². The van der Waals surface area contributed by atoms with Crippen molar-refractivity contribution in [1.82, 2.24) is 10.6 Å². The summed E-state index contributed by atoms with van der Waals surface area (Å²) in [4.78, 5) is 25.2. The van der Waals surface area contributed by atoms with E-state index in [9.17, 15) is 18.0 Å². The molecule has 0 aliphatic carbocycles. The van der Waals surface area contributed by atoms with Crippen LogP contribution in [0.2, 0.25) is 0 Å². The highest BCUT2D eigenvalue weighted by molar-refractivity contribution is 7.86. The molecular formula is C23H28N2O8S. The SMILES string of the molecule is COC1OC([C@H](CNC(=O)c2ccccc2)OS(C)(=O)=O)C(OC)C1NC(=O)c1ccccc1. The quantitative estimate of drug-likeness (QED) is 0.469. The van der Waals surface area contributed by atoms with Gasteiger partial charge in [0, 0.05) is 31.9 Å². The van der Waals surface area contributed by atoms with E-state index in [2.05, 4.69) is 10.6 Å². The fraction of sp³-hybridized carbons (Fsp3) is 0.391. The van der Waals surface area contributed by atoms with Crippen molar-refractivity contribution >= 4 is 21.9 Å². The molecule has 4 unspecified atom stereocenters. The number of methoxy groups -OCH3 is 2. The van der Waals surface area contributed by atoms with E-state index in [0.29, 0.717) is 11.1 Å².